The maximum Gasteiger partial charge on any atom is 0.253 e. The third-order valence-electron chi connectivity index (χ3n) is 7.99. The Hall–Kier alpha value is -4.27. The summed E-state index contributed by atoms with van der Waals surface area (Å²) in [6, 6.07) is 15.6. The van der Waals surface area contributed by atoms with Crippen molar-refractivity contribution in [1.29, 1.82) is 0 Å². The molecule has 2 N–H and O–H groups in total. The number of nitrogens with zero attached hydrogens (tertiary/aromatic N) is 2. The Morgan fingerprint density at radius 1 is 0.900 bits per heavy atom. The molecule has 0 spiro atoms. The van der Waals surface area contributed by atoms with Gasteiger partial charge in [0.25, 0.3) is 11.8 Å². The highest BCUT2D eigenvalue weighted by molar-refractivity contribution is 5.96. The largest absolute Gasteiger partial charge is 0.496 e. The Morgan fingerprint density at radius 3 is 2.27 bits per heavy atom. The number of amides is 2. The molecule has 2 aliphatic rings. The van der Waals surface area contributed by atoms with Gasteiger partial charge in [0.2, 0.25) is 0 Å². The van der Waals surface area contributed by atoms with Crippen LogP contribution in [0.4, 0.5) is 5.82 Å². The monoisotopic (exact) mass is 544 g/mol. The van der Waals surface area contributed by atoms with E-state index in [0.717, 1.165) is 42.6 Å². The summed E-state index contributed by atoms with van der Waals surface area (Å²) < 4.78 is 16.0. The molecule has 2 aliphatic heterocycles. The molecule has 40 heavy (non-hydrogen) atoms. The summed E-state index contributed by atoms with van der Waals surface area (Å²) in [5.74, 6) is 2.60. The van der Waals surface area contributed by atoms with Gasteiger partial charge in [-0.3, -0.25) is 9.59 Å². The first-order valence-electron chi connectivity index (χ1n) is 13.6. The fraction of sp³-hybridized carbons (Fsp3) is 0.387. The topological polar surface area (TPSA) is 102 Å². The van der Waals surface area contributed by atoms with Crippen LogP contribution in [0.1, 0.15) is 57.5 Å². The van der Waals surface area contributed by atoms with Gasteiger partial charge in [-0.15, -0.1) is 0 Å². The molecule has 2 aromatic carbocycles. The standard InChI is InChI=1S/C31H36N4O5/c1-19-25(6-5-7-26(19)38-2)31(37)34-22-15-23-10-11-24(16-22)35(23)29-13-9-21(18-32-29)30(36)33-17-20-8-12-27(39-3)28(14-20)40-4/h5-9,12-14,18,22-24H,10-11,15-17H2,1-4H3,(H,33,36)(H,34,37)/t22-,23+,24-. The third kappa shape index (κ3) is 5.54. The summed E-state index contributed by atoms with van der Waals surface area (Å²) >= 11 is 0. The molecule has 2 fully saturated rings. The minimum atomic E-state index is -0.189. The summed E-state index contributed by atoms with van der Waals surface area (Å²) in [4.78, 5) is 32.9. The lowest BCUT2D eigenvalue weighted by Gasteiger charge is -2.40. The summed E-state index contributed by atoms with van der Waals surface area (Å²) in [6.07, 6.45) is 5.48. The first-order chi connectivity index (χ1) is 19.4. The highest BCUT2D eigenvalue weighted by Gasteiger charge is 2.42. The molecule has 9 heteroatoms. The first-order valence-corrected chi connectivity index (χ1v) is 13.6. The van der Waals surface area contributed by atoms with E-state index < -0.39 is 0 Å². The van der Waals surface area contributed by atoms with Gasteiger partial charge in [-0.25, -0.2) is 4.98 Å². The van der Waals surface area contributed by atoms with Crippen molar-refractivity contribution in [3.05, 3.63) is 77.0 Å². The molecule has 5 rings (SSSR count). The van der Waals surface area contributed by atoms with E-state index in [2.05, 4.69) is 20.5 Å². The van der Waals surface area contributed by atoms with E-state index >= 15 is 0 Å². The molecule has 210 valence electrons. The van der Waals surface area contributed by atoms with Crippen molar-refractivity contribution in [2.24, 2.45) is 0 Å². The summed E-state index contributed by atoms with van der Waals surface area (Å²) in [6.45, 7) is 2.27. The molecule has 0 unspecified atom stereocenters. The van der Waals surface area contributed by atoms with Gasteiger partial charge in [0.1, 0.15) is 11.6 Å². The highest BCUT2D eigenvalue weighted by atomic mass is 16.5. The Bertz CT molecular complexity index is 1360. The lowest BCUT2D eigenvalue weighted by molar-refractivity contribution is 0.0923. The summed E-state index contributed by atoms with van der Waals surface area (Å²) in [5.41, 5.74) is 2.91. The van der Waals surface area contributed by atoms with E-state index in [0.29, 0.717) is 47.0 Å². The number of carbonyl (C=O) groups is 2. The zero-order chi connectivity index (χ0) is 28.2. The zero-order valence-corrected chi connectivity index (χ0v) is 23.4. The molecule has 1 aromatic heterocycles. The number of carbonyl (C=O) groups excluding carboxylic acids is 2. The molecule has 9 nitrogen and oxygen atoms in total. The van der Waals surface area contributed by atoms with Crippen LogP contribution in [0.25, 0.3) is 0 Å². The van der Waals surface area contributed by atoms with Gasteiger partial charge < -0.3 is 29.7 Å². The van der Waals surface area contributed by atoms with Crippen molar-refractivity contribution in [3.63, 3.8) is 0 Å². The van der Waals surface area contributed by atoms with Crippen molar-refractivity contribution in [2.45, 2.75) is 57.3 Å². The number of aromatic nitrogens is 1. The number of methoxy groups -OCH3 is 3. The maximum absolute atomic E-state index is 13.1. The van der Waals surface area contributed by atoms with Crippen LogP contribution < -0.4 is 29.7 Å². The van der Waals surface area contributed by atoms with Crippen molar-refractivity contribution in [2.75, 3.05) is 26.2 Å². The average Bonchev–Trinajstić information content (AvgIpc) is 3.25. The van der Waals surface area contributed by atoms with Crippen LogP contribution in [0.15, 0.2) is 54.7 Å². The summed E-state index contributed by atoms with van der Waals surface area (Å²) in [5, 5.41) is 6.20. The molecule has 0 saturated carbocycles. The van der Waals surface area contributed by atoms with Crippen LogP contribution in [0, 0.1) is 6.92 Å². The normalized spacial score (nSPS) is 19.6. The van der Waals surface area contributed by atoms with Crippen LogP contribution in [-0.2, 0) is 6.54 Å². The Morgan fingerprint density at radius 2 is 1.62 bits per heavy atom. The van der Waals surface area contributed by atoms with Gasteiger partial charge in [0, 0.05) is 42.0 Å². The van der Waals surface area contributed by atoms with Gasteiger partial charge in [-0.2, -0.15) is 0 Å². The molecule has 0 radical (unpaired) electrons. The minimum Gasteiger partial charge on any atom is -0.496 e. The smallest absolute Gasteiger partial charge is 0.253 e. The van der Waals surface area contributed by atoms with Gasteiger partial charge >= 0.3 is 0 Å². The number of fused-ring (bicyclic) bond motifs is 2. The van der Waals surface area contributed by atoms with Crippen LogP contribution >= 0.6 is 0 Å². The Labute approximate surface area is 234 Å². The van der Waals surface area contributed by atoms with E-state index in [9.17, 15) is 9.59 Å². The molecule has 2 bridgehead atoms. The number of pyridine rings is 1. The van der Waals surface area contributed by atoms with Gasteiger partial charge in [-0.1, -0.05) is 12.1 Å². The van der Waals surface area contributed by atoms with Crippen molar-refractivity contribution in [3.8, 4) is 17.2 Å². The van der Waals surface area contributed by atoms with Crippen LogP contribution in [-0.4, -0.2) is 56.3 Å². The molecular formula is C31H36N4O5. The Balaban J connectivity index is 1.18. The predicted octanol–water partition coefficient (Wildman–Crippen LogP) is 4.28. The number of hydrogen-bond donors (Lipinski definition) is 2. The molecule has 2 saturated heterocycles. The fourth-order valence-electron chi connectivity index (χ4n) is 5.96. The molecular weight excluding hydrogens is 508 g/mol. The second kappa shape index (κ2) is 11.9. The SMILES string of the molecule is COc1ccc(CNC(=O)c2ccc(N3[C@@H]4CC[C@H]3C[C@@H](NC(=O)c3cccc(OC)c3C)C4)nc2)cc1OC. The number of piperidine rings is 1. The first kappa shape index (κ1) is 27.3. The third-order valence-corrected chi connectivity index (χ3v) is 7.99. The lowest BCUT2D eigenvalue weighted by atomic mass is 9.96. The lowest BCUT2D eigenvalue weighted by Crippen LogP contribution is -2.50. The molecule has 3 atom stereocenters. The van der Waals surface area contributed by atoms with E-state index in [4.69, 9.17) is 14.2 Å². The van der Waals surface area contributed by atoms with Crippen LogP contribution in [0.2, 0.25) is 0 Å². The van der Waals surface area contributed by atoms with Crippen molar-refractivity contribution in [1.82, 2.24) is 15.6 Å². The second-order valence-electron chi connectivity index (χ2n) is 10.3. The van der Waals surface area contributed by atoms with E-state index in [1.165, 1.54) is 0 Å². The Kier molecular flexibility index (Phi) is 8.09. The number of nitrogens with one attached hydrogen (secondary N) is 2. The molecule has 0 aliphatic carbocycles. The van der Waals surface area contributed by atoms with E-state index in [1.807, 2.05) is 55.5 Å². The predicted molar refractivity (Wildman–Crippen MR) is 152 cm³/mol. The number of rotatable bonds is 9. The average molecular weight is 545 g/mol. The van der Waals surface area contributed by atoms with Gasteiger partial charge in [-0.05, 0) is 74.6 Å². The van der Waals surface area contributed by atoms with E-state index in [1.54, 1.807) is 27.5 Å². The van der Waals surface area contributed by atoms with Crippen LogP contribution in [0.3, 0.4) is 0 Å². The number of benzene rings is 2. The number of ether oxygens (including phenoxy) is 3. The van der Waals surface area contributed by atoms with Crippen molar-refractivity contribution >= 4 is 17.6 Å². The molecule has 3 aromatic rings. The van der Waals surface area contributed by atoms with Gasteiger partial charge in [0.05, 0.1) is 26.9 Å². The van der Waals surface area contributed by atoms with Gasteiger partial charge in [0.15, 0.2) is 11.5 Å². The second-order valence-corrected chi connectivity index (χ2v) is 10.3. The highest BCUT2D eigenvalue weighted by Crippen LogP contribution is 2.39. The number of hydrogen-bond acceptors (Lipinski definition) is 7. The van der Waals surface area contributed by atoms with Crippen LogP contribution in [0.5, 0.6) is 17.2 Å². The molecule has 3 heterocycles. The van der Waals surface area contributed by atoms with E-state index in [-0.39, 0.29) is 17.9 Å². The molecule has 2 amide bonds. The van der Waals surface area contributed by atoms with Crippen molar-refractivity contribution < 1.29 is 23.8 Å². The summed E-state index contributed by atoms with van der Waals surface area (Å²) in [7, 11) is 4.79. The zero-order valence-electron chi connectivity index (χ0n) is 23.4. The number of anilines is 1. The quantitative estimate of drug-likeness (QED) is 0.415. The minimum absolute atomic E-state index is 0.0594. The maximum atomic E-state index is 13.1. The fourth-order valence-corrected chi connectivity index (χ4v) is 5.96.